The first-order chi connectivity index (χ1) is 13.7. The average Bonchev–Trinajstić information content (AvgIpc) is 3.40. The van der Waals surface area contributed by atoms with Crippen LogP contribution in [0.25, 0.3) is 17.0 Å². The summed E-state index contributed by atoms with van der Waals surface area (Å²) < 4.78 is 10.9. The molecule has 1 amide bonds. The fourth-order valence-corrected chi connectivity index (χ4v) is 3.30. The van der Waals surface area contributed by atoms with Crippen LogP contribution in [0, 0.1) is 0 Å². The molecule has 2 aromatic heterocycles. The molecule has 7 heteroatoms. The van der Waals surface area contributed by atoms with Gasteiger partial charge in [-0.05, 0) is 43.2 Å². The van der Waals surface area contributed by atoms with Gasteiger partial charge in [0.2, 0.25) is 5.91 Å². The van der Waals surface area contributed by atoms with Gasteiger partial charge in [-0.15, -0.1) is 0 Å². The van der Waals surface area contributed by atoms with Crippen molar-refractivity contribution in [3.63, 3.8) is 0 Å². The fraction of sp³-hybridized carbons (Fsp3) is 0.286. The summed E-state index contributed by atoms with van der Waals surface area (Å²) in [6, 6.07) is 10.7. The maximum absolute atomic E-state index is 12.8. The van der Waals surface area contributed by atoms with Crippen LogP contribution in [0.15, 0.2) is 57.9 Å². The number of rotatable bonds is 6. The number of hydrogen-bond acceptors (Lipinski definition) is 5. The Bertz CT molecular complexity index is 1030. The van der Waals surface area contributed by atoms with Gasteiger partial charge in [-0.3, -0.25) is 9.59 Å². The van der Waals surface area contributed by atoms with Crippen molar-refractivity contribution in [3.05, 3.63) is 70.7 Å². The lowest BCUT2D eigenvalue weighted by Gasteiger charge is -2.24. The quantitative estimate of drug-likeness (QED) is 0.665. The molecule has 0 spiro atoms. The molecule has 0 aliphatic carbocycles. The van der Waals surface area contributed by atoms with Gasteiger partial charge in [-0.25, -0.2) is 4.98 Å². The maximum atomic E-state index is 12.8. The maximum Gasteiger partial charge on any atom is 0.258 e. The Kier molecular flexibility index (Phi) is 5.34. The number of H-pyrrole nitrogens is 1. The Morgan fingerprint density at radius 3 is 2.96 bits per heavy atom. The third-order valence-electron chi connectivity index (χ3n) is 4.70. The highest BCUT2D eigenvalue weighted by Gasteiger charge is 2.22. The molecule has 1 saturated heterocycles. The van der Waals surface area contributed by atoms with Crippen LogP contribution in [-0.2, 0) is 16.1 Å². The number of furan rings is 1. The number of fused-ring (bicyclic) bond motifs is 1. The van der Waals surface area contributed by atoms with E-state index in [0.717, 1.165) is 12.8 Å². The van der Waals surface area contributed by atoms with E-state index in [9.17, 15) is 9.59 Å². The summed E-state index contributed by atoms with van der Waals surface area (Å²) in [5, 5.41) is 0.529. The highest BCUT2D eigenvalue weighted by atomic mass is 16.5. The summed E-state index contributed by atoms with van der Waals surface area (Å²) in [4.78, 5) is 34.1. The topological polar surface area (TPSA) is 88.4 Å². The minimum Gasteiger partial charge on any atom is -0.465 e. The van der Waals surface area contributed by atoms with Gasteiger partial charge < -0.3 is 19.0 Å². The molecule has 1 aliphatic heterocycles. The summed E-state index contributed by atoms with van der Waals surface area (Å²) in [5.74, 6) is 0.854. The van der Waals surface area contributed by atoms with Crippen LogP contribution in [0.5, 0.6) is 0 Å². The number of aromatic nitrogens is 2. The van der Waals surface area contributed by atoms with E-state index in [1.807, 2.05) is 6.07 Å². The predicted molar refractivity (Wildman–Crippen MR) is 104 cm³/mol. The molecule has 3 aromatic rings. The molecular weight excluding hydrogens is 358 g/mol. The van der Waals surface area contributed by atoms with Crippen LogP contribution >= 0.6 is 0 Å². The van der Waals surface area contributed by atoms with E-state index in [1.54, 1.807) is 47.6 Å². The average molecular weight is 379 g/mol. The zero-order valence-electron chi connectivity index (χ0n) is 15.3. The number of hydrogen-bond donors (Lipinski definition) is 1. The van der Waals surface area contributed by atoms with Crippen LogP contribution < -0.4 is 5.56 Å². The lowest BCUT2D eigenvalue weighted by Crippen LogP contribution is -2.36. The molecular formula is C21H21N3O4. The molecule has 0 saturated carbocycles. The van der Waals surface area contributed by atoms with E-state index >= 15 is 0 Å². The Balaban J connectivity index is 1.57. The number of aromatic amines is 1. The second-order valence-electron chi connectivity index (χ2n) is 6.73. The van der Waals surface area contributed by atoms with Crippen molar-refractivity contribution < 1.29 is 13.9 Å². The lowest BCUT2D eigenvalue weighted by molar-refractivity contribution is -0.128. The second kappa shape index (κ2) is 8.22. The van der Waals surface area contributed by atoms with Crippen molar-refractivity contribution >= 4 is 22.9 Å². The second-order valence-corrected chi connectivity index (χ2v) is 6.73. The van der Waals surface area contributed by atoms with Crippen molar-refractivity contribution in [2.75, 3.05) is 13.2 Å². The van der Waals surface area contributed by atoms with Gasteiger partial charge in [0.1, 0.15) is 11.6 Å². The summed E-state index contributed by atoms with van der Waals surface area (Å²) >= 11 is 0. The first-order valence-electron chi connectivity index (χ1n) is 9.29. The van der Waals surface area contributed by atoms with Crippen molar-refractivity contribution in [2.24, 2.45) is 0 Å². The number of nitrogens with zero attached hydrogens (tertiary/aromatic N) is 2. The molecule has 4 rings (SSSR count). The molecule has 28 heavy (non-hydrogen) atoms. The third-order valence-corrected chi connectivity index (χ3v) is 4.70. The smallest absolute Gasteiger partial charge is 0.258 e. The number of benzene rings is 1. The van der Waals surface area contributed by atoms with E-state index in [1.165, 1.54) is 6.08 Å². The van der Waals surface area contributed by atoms with Crippen LogP contribution in [0.3, 0.4) is 0 Å². The number of para-hydroxylation sites is 1. The Labute approximate surface area is 161 Å². The van der Waals surface area contributed by atoms with E-state index in [4.69, 9.17) is 9.15 Å². The minimum absolute atomic E-state index is 0.00635. The third kappa shape index (κ3) is 4.20. The van der Waals surface area contributed by atoms with Gasteiger partial charge in [-0.1, -0.05) is 12.1 Å². The minimum atomic E-state index is -0.212. The van der Waals surface area contributed by atoms with Gasteiger partial charge in [0.25, 0.3) is 5.56 Å². The molecule has 144 valence electrons. The molecule has 0 bridgehead atoms. The molecule has 1 unspecified atom stereocenters. The van der Waals surface area contributed by atoms with Gasteiger partial charge >= 0.3 is 0 Å². The van der Waals surface area contributed by atoms with Gasteiger partial charge in [0.05, 0.1) is 29.8 Å². The zero-order chi connectivity index (χ0) is 19.3. The highest BCUT2D eigenvalue weighted by Crippen LogP contribution is 2.16. The molecule has 1 fully saturated rings. The van der Waals surface area contributed by atoms with Crippen LogP contribution in [0.2, 0.25) is 0 Å². The summed E-state index contributed by atoms with van der Waals surface area (Å²) in [7, 11) is 0. The highest BCUT2D eigenvalue weighted by molar-refractivity contribution is 5.91. The fourth-order valence-electron chi connectivity index (χ4n) is 3.30. The number of nitrogens with one attached hydrogen (secondary N) is 1. The molecule has 1 aliphatic rings. The first-order valence-corrected chi connectivity index (χ1v) is 9.29. The van der Waals surface area contributed by atoms with Crippen LogP contribution in [0.4, 0.5) is 0 Å². The van der Waals surface area contributed by atoms with Crippen molar-refractivity contribution in [1.82, 2.24) is 14.9 Å². The van der Waals surface area contributed by atoms with Gasteiger partial charge in [0, 0.05) is 19.2 Å². The summed E-state index contributed by atoms with van der Waals surface area (Å²) in [6.07, 6.45) is 6.54. The number of amides is 1. The largest absolute Gasteiger partial charge is 0.465 e. The monoisotopic (exact) mass is 379 g/mol. The SMILES string of the molecule is O=C(C=Cc1ccco1)N(Cc1nc2ccccc2c(=O)[nH]1)CC1CCCO1. The Morgan fingerprint density at radius 1 is 1.29 bits per heavy atom. The number of ether oxygens (including phenoxy) is 1. The molecule has 3 heterocycles. The lowest BCUT2D eigenvalue weighted by atomic mass is 10.2. The molecule has 7 nitrogen and oxygen atoms in total. The zero-order valence-corrected chi connectivity index (χ0v) is 15.3. The predicted octanol–water partition coefficient (Wildman–Crippen LogP) is 2.74. The summed E-state index contributed by atoms with van der Waals surface area (Å²) in [5.41, 5.74) is 0.396. The molecule has 0 radical (unpaired) electrons. The Hall–Kier alpha value is -3.19. The van der Waals surface area contributed by atoms with Crippen molar-refractivity contribution in [3.8, 4) is 0 Å². The first kappa shape index (κ1) is 18.2. The van der Waals surface area contributed by atoms with Crippen molar-refractivity contribution in [2.45, 2.75) is 25.5 Å². The van der Waals surface area contributed by atoms with Crippen molar-refractivity contribution in [1.29, 1.82) is 0 Å². The standard InChI is InChI=1S/C21H21N3O4/c25-20(10-9-15-5-3-11-27-15)24(13-16-6-4-12-28-16)14-19-22-18-8-2-1-7-17(18)21(26)23-19/h1-3,5,7-11,16H,4,6,12-14H2,(H,22,23,26). The number of carbonyl (C=O) groups excluding carboxylic acids is 1. The van der Waals surface area contributed by atoms with Crippen LogP contribution in [-0.4, -0.2) is 40.0 Å². The van der Waals surface area contributed by atoms with E-state index in [0.29, 0.717) is 35.6 Å². The Morgan fingerprint density at radius 2 is 2.18 bits per heavy atom. The normalized spacial score (nSPS) is 16.8. The number of carbonyl (C=O) groups is 1. The van der Waals surface area contributed by atoms with Gasteiger partial charge in [0.15, 0.2) is 0 Å². The molecule has 1 atom stereocenters. The van der Waals surface area contributed by atoms with E-state index < -0.39 is 0 Å². The van der Waals surface area contributed by atoms with Gasteiger partial charge in [-0.2, -0.15) is 0 Å². The van der Waals surface area contributed by atoms with E-state index in [2.05, 4.69) is 9.97 Å². The molecule has 1 N–H and O–H groups in total. The van der Waals surface area contributed by atoms with Crippen LogP contribution in [0.1, 0.15) is 24.4 Å². The summed E-state index contributed by atoms with van der Waals surface area (Å²) in [6.45, 7) is 1.35. The van der Waals surface area contributed by atoms with E-state index in [-0.39, 0.29) is 24.1 Å². The molecule has 1 aromatic carbocycles.